The first-order valence-electron chi connectivity index (χ1n) is 8.56. The van der Waals surface area contributed by atoms with E-state index >= 15 is 0 Å². The lowest BCUT2D eigenvalue weighted by molar-refractivity contribution is 0.399. The van der Waals surface area contributed by atoms with E-state index in [0.29, 0.717) is 11.1 Å². The minimum atomic E-state index is -0.0904. The van der Waals surface area contributed by atoms with Crippen molar-refractivity contribution in [1.82, 2.24) is 4.98 Å². The number of fused-ring (bicyclic) bond motifs is 2. The van der Waals surface area contributed by atoms with Crippen LogP contribution in [0.1, 0.15) is 24.8 Å². The lowest BCUT2D eigenvalue weighted by Crippen LogP contribution is -2.40. The molecule has 0 fully saturated rings. The van der Waals surface area contributed by atoms with Crippen molar-refractivity contribution >= 4 is 28.3 Å². The van der Waals surface area contributed by atoms with E-state index in [-0.39, 0.29) is 5.56 Å². The van der Waals surface area contributed by atoms with Crippen molar-refractivity contribution < 1.29 is 5.11 Å². The Morgan fingerprint density at radius 2 is 2.08 bits per heavy atom. The monoisotopic (exact) mass is 366 g/mol. The summed E-state index contributed by atoms with van der Waals surface area (Å²) in [6, 6.07) is 10.5. The second-order valence-corrected chi connectivity index (χ2v) is 7.19. The van der Waals surface area contributed by atoms with Crippen molar-refractivity contribution in [2.24, 2.45) is 0 Å². The number of H-pyrrole nitrogens is 1. The fourth-order valence-electron chi connectivity index (χ4n) is 3.22. The molecule has 26 heavy (non-hydrogen) atoms. The first-order valence-corrected chi connectivity index (χ1v) is 9.33. The second-order valence-electron chi connectivity index (χ2n) is 6.07. The standard InChI is InChI=1S/C20H18N2OS.CH4O/c1-14-13-22(18-9-6-5-7-15(14)18)24-19-10-4-2-3-8-17-16(19)11-12-21-20(17)23;1-2/h2-7,9,11-12,14H,10,13H2,1H3,(H,21,23);2H,1H3/b4-2-,19-16+;. The first-order chi connectivity index (χ1) is 12.7. The van der Waals surface area contributed by atoms with Crippen molar-refractivity contribution in [2.75, 3.05) is 18.0 Å². The Labute approximate surface area is 157 Å². The Morgan fingerprint density at radius 3 is 2.92 bits per heavy atom. The SMILES string of the molecule is CC1CN(S/C2=c3\cc[nH]c(=O)c3=C=C/C=C\C2)c2ccccc21.CO. The number of rotatable bonds is 2. The molecule has 2 aliphatic rings. The highest BCUT2D eigenvalue weighted by molar-refractivity contribution is 8.09. The Kier molecular flexibility index (Phi) is 5.84. The predicted octanol–water partition coefficient (Wildman–Crippen LogP) is 2.26. The molecule has 0 radical (unpaired) electrons. The molecule has 1 aromatic heterocycles. The molecule has 4 rings (SSSR count). The summed E-state index contributed by atoms with van der Waals surface area (Å²) in [4.78, 5) is 16.1. The molecule has 1 aromatic carbocycles. The fourth-order valence-corrected chi connectivity index (χ4v) is 4.49. The van der Waals surface area contributed by atoms with Crippen molar-refractivity contribution in [3.05, 3.63) is 81.1 Å². The molecule has 1 unspecified atom stereocenters. The van der Waals surface area contributed by atoms with E-state index in [0.717, 1.165) is 25.3 Å². The average molecular weight is 366 g/mol. The van der Waals surface area contributed by atoms with E-state index in [1.807, 2.05) is 18.2 Å². The van der Waals surface area contributed by atoms with Gasteiger partial charge in [-0.3, -0.25) is 4.79 Å². The van der Waals surface area contributed by atoms with Crippen LogP contribution in [-0.4, -0.2) is 23.7 Å². The van der Waals surface area contributed by atoms with Gasteiger partial charge in [0.15, 0.2) is 0 Å². The zero-order valence-corrected chi connectivity index (χ0v) is 15.7. The number of anilines is 1. The third-order valence-corrected chi connectivity index (χ3v) is 5.59. The summed E-state index contributed by atoms with van der Waals surface area (Å²) in [6.45, 7) is 3.24. The largest absolute Gasteiger partial charge is 0.400 e. The van der Waals surface area contributed by atoms with E-state index in [4.69, 9.17) is 5.11 Å². The number of nitrogens with zero attached hydrogens (tertiary/aromatic N) is 1. The van der Waals surface area contributed by atoms with Crippen molar-refractivity contribution in [2.45, 2.75) is 19.3 Å². The molecule has 1 aliphatic carbocycles. The topological polar surface area (TPSA) is 56.3 Å². The molecule has 5 heteroatoms. The molecule has 0 spiro atoms. The van der Waals surface area contributed by atoms with E-state index < -0.39 is 0 Å². The van der Waals surface area contributed by atoms with Gasteiger partial charge in [0.1, 0.15) is 0 Å². The Balaban J connectivity index is 0.000000948. The van der Waals surface area contributed by atoms with E-state index in [1.54, 1.807) is 18.1 Å². The third kappa shape index (κ3) is 3.56. The molecule has 0 amide bonds. The quantitative estimate of drug-likeness (QED) is 0.801. The van der Waals surface area contributed by atoms with Crippen molar-refractivity contribution in [3.8, 4) is 0 Å². The Morgan fingerprint density at radius 1 is 1.27 bits per heavy atom. The van der Waals surface area contributed by atoms with Gasteiger partial charge in [0.2, 0.25) is 0 Å². The zero-order valence-electron chi connectivity index (χ0n) is 14.9. The van der Waals surface area contributed by atoms with Crippen LogP contribution < -0.4 is 20.3 Å². The summed E-state index contributed by atoms with van der Waals surface area (Å²) in [6.07, 6.45) is 8.41. The number of allylic oxidation sites excluding steroid dienone is 3. The van der Waals surface area contributed by atoms with Crippen LogP contribution in [0.2, 0.25) is 0 Å². The van der Waals surface area contributed by atoms with Crippen LogP contribution in [0.5, 0.6) is 0 Å². The number of hydrogen-bond donors (Lipinski definition) is 2. The third-order valence-electron chi connectivity index (χ3n) is 4.42. The van der Waals surface area contributed by atoms with Crippen molar-refractivity contribution in [3.63, 3.8) is 0 Å². The van der Waals surface area contributed by atoms with E-state index in [1.165, 1.54) is 16.2 Å². The maximum atomic E-state index is 12.2. The molecule has 1 aliphatic heterocycles. The van der Waals surface area contributed by atoms with Gasteiger partial charge >= 0.3 is 0 Å². The smallest absolute Gasteiger partial charge is 0.263 e. The van der Waals surface area contributed by atoms with Crippen LogP contribution in [-0.2, 0) is 0 Å². The molecule has 1 atom stereocenters. The van der Waals surface area contributed by atoms with Gasteiger partial charge < -0.3 is 14.4 Å². The highest BCUT2D eigenvalue weighted by Gasteiger charge is 2.26. The van der Waals surface area contributed by atoms with Crippen LogP contribution in [0.3, 0.4) is 0 Å². The summed E-state index contributed by atoms with van der Waals surface area (Å²) in [5.74, 6) is 0.517. The van der Waals surface area contributed by atoms with Crippen molar-refractivity contribution in [1.29, 1.82) is 0 Å². The van der Waals surface area contributed by atoms with Gasteiger partial charge in [0.25, 0.3) is 5.56 Å². The molecule has 4 nitrogen and oxygen atoms in total. The molecular weight excluding hydrogens is 344 g/mol. The Bertz CT molecular complexity index is 1030. The molecule has 0 saturated carbocycles. The maximum Gasteiger partial charge on any atom is 0.263 e. The zero-order chi connectivity index (χ0) is 18.5. The second kappa shape index (κ2) is 8.28. The van der Waals surface area contributed by atoms with E-state index in [9.17, 15) is 4.79 Å². The van der Waals surface area contributed by atoms with Crippen LogP contribution in [0.4, 0.5) is 5.69 Å². The molecule has 0 bridgehead atoms. The number of aromatic nitrogens is 1. The fraction of sp³-hybridized carbons (Fsp3) is 0.238. The highest BCUT2D eigenvalue weighted by atomic mass is 32.2. The molecule has 134 valence electrons. The van der Waals surface area contributed by atoms with Gasteiger partial charge in [-0.05, 0) is 42.1 Å². The number of hydrogen-bond acceptors (Lipinski definition) is 4. The summed E-state index contributed by atoms with van der Waals surface area (Å²) in [5, 5.41) is 8.59. The lowest BCUT2D eigenvalue weighted by Gasteiger charge is -2.19. The lowest BCUT2D eigenvalue weighted by atomic mass is 10.0. The van der Waals surface area contributed by atoms with Crippen LogP contribution in [0, 0.1) is 0 Å². The van der Waals surface area contributed by atoms with Gasteiger partial charge in [-0.1, -0.05) is 37.3 Å². The maximum absolute atomic E-state index is 12.2. The number of aliphatic hydroxyl groups excluding tert-OH is 1. The summed E-state index contributed by atoms with van der Waals surface area (Å²) in [7, 11) is 1.00. The van der Waals surface area contributed by atoms with Gasteiger partial charge in [-0.15, -0.1) is 5.73 Å². The number of aliphatic hydroxyl groups is 1. The average Bonchev–Trinajstić information content (AvgIpc) is 2.97. The van der Waals surface area contributed by atoms with Gasteiger partial charge in [0, 0.05) is 35.9 Å². The number of para-hydroxylation sites is 1. The number of aromatic amines is 1. The van der Waals surface area contributed by atoms with Gasteiger partial charge in [-0.25, -0.2) is 0 Å². The number of benzene rings is 1. The molecule has 2 aromatic rings. The number of pyridine rings is 1. The molecule has 0 saturated heterocycles. The molecule has 2 N–H and O–H groups in total. The van der Waals surface area contributed by atoms with Gasteiger partial charge in [-0.2, -0.15) is 0 Å². The normalized spacial score (nSPS) is 20.7. The predicted molar refractivity (Wildman–Crippen MR) is 109 cm³/mol. The van der Waals surface area contributed by atoms with E-state index in [2.05, 4.69) is 52.3 Å². The minimum absolute atomic E-state index is 0.0904. The minimum Gasteiger partial charge on any atom is -0.400 e. The molecular formula is C21H22N2O2S. The van der Waals surface area contributed by atoms with Crippen LogP contribution in [0.25, 0.3) is 10.6 Å². The summed E-state index contributed by atoms with van der Waals surface area (Å²) < 4.78 is 2.35. The highest BCUT2D eigenvalue weighted by Crippen LogP contribution is 2.42. The Hall–Kier alpha value is -2.46. The summed E-state index contributed by atoms with van der Waals surface area (Å²) >= 11 is 1.74. The summed E-state index contributed by atoms with van der Waals surface area (Å²) in [5.41, 5.74) is 5.69. The van der Waals surface area contributed by atoms with Crippen LogP contribution >= 0.6 is 11.9 Å². The van der Waals surface area contributed by atoms with Gasteiger partial charge in [0.05, 0.1) is 10.9 Å². The van der Waals surface area contributed by atoms with Crippen LogP contribution in [0.15, 0.2) is 59.6 Å². The molecule has 2 heterocycles. The first kappa shape index (κ1) is 18.3. The number of nitrogens with one attached hydrogen (secondary N) is 1.